The fourth-order valence-electron chi connectivity index (χ4n) is 10.1. The van der Waals surface area contributed by atoms with E-state index in [1.54, 1.807) is 36.5 Å². The number of aromatic amines is 2. The summed E-state index contributed by atoms with van der Waals surface area (Å²) in [6, 6.07) is 8.96. The first kappa shape index (κ1) is 76.3. The molecular weight excluding hydrogens is 1190 g/mol. The maximum atomic E-state index is 14.7. The number of carbonyl (C=O) groups is 10. The van der Waals surface area contributed by atoms with Crippen molar-refractivity contribution < 1.29 is 47.9 Å². The van der Waals surface area contributed by atoms with E-state index in [1.807, 2.05) is 31.2 Å². The molecule has 2 heterocycles. The van der Waals surface area contributed by atoms with Crippen molar-refractivity contribution in [2.24, 2.45) is 10.8 Å². The molecular formula is C68H101N15O10. The fourth-order valence-corrected chi connectivity index (χ4v) is 10.1. The van der Waals surface area contributed by atoms with Gasteiger partial charge in [0.25, 0.3) is 5.91 Å². The highest BCUT2D eigenvalue weighted by molar-refractivity contribution is 6.26. The molecule has 0 unspecified atom stereocenters. The van der Waals surface area contributed by atoms with E-state index in [0.29, 0.717) is 62.0 Å². The van der Waals surface area contributed by atoms with Crippen LogP contribution >= 0.6 is 0 Å². The number of H-pyrrole nitrogens is 2. The zero-order valence-corrected chi connectivity index (χ0v) is 54.7. The summed E-state index contributed by atoms with van der Waals surface area (Å²) >= 11 is 0. The number of nitrogens with two attached hydrogens (primary N) is 1. The van der Waals surface area contributed by atoms with Crippen molar-refractivity contribution >= 4 is 76.2 Å². The lowest BCUT2D eigenvalue weighted by molar-refractivity contribution is -0.135. The number of primary amides is 1. The molecule has 25 nitrogen and oxygen atoms in total. The van der Waals surface area contributed by atoms with E-state index >= 15 is 0 Å². The van der Waals surface area contributed by atoms with Crippen molar-refractivity contribution in [3.63, 3.8) is 0 Å². The van der Waals surface area contributed by atoms with E-state index in [1.165, 1.54) is 45.6 Å². The number of carbonyl (C=O) groups excluding carboxylic acids is 10. The molecule has 0 fully saturated rings. The number of hydrogen-bond donors (Lipinski definition) is 13. The predicted octanol–water partition coefficient (Wildman–Crippen LogP) is 4.84. The number of benzene rings is 2. The van der Waals surface area contributed by atoms with E-state index in [2.05, 4.69) is 105 Å². The van der Waals surface area contributed by atoms with Crippen LogP contribution in [-0.4, -0.2) is 143 Å². The Hall–Kier alpha value is -9.16. The number of unbranched alkanes of at least 4 members (excludes halogenated alkanes) is 10. The highest BCUT2D eigenvalue weighted by Gasteiger charge is 2.33. The molecule has 4 rings (SSSR count). The number of aromatic nitrogens is 3. The number of nitrogens with one attached hydrogen (secondary N) is 12. The number of allylic oxidation sites excluding steroid dienone is 4. The summed E-state index contributed by atoms with van der Waals surface area (Å²) in [7, 11) is 0. The second-order valence-corrected chi connectivity index (χ2v) is 23.2. The van der Waals surface area contributed by atoms with Gasteiger partial charge >= 0.3 is 0 Å². The Kier molecular flexibility index (Phi) is 37.0. The highest BCUT2D eigenvalue weighted by Crippen LogP contribution is 2.20. The maximum Gasteiger partial charge on any atom is 0.264 e. The minimum Gasteiger partial charge on any atom is -0.368 e. The van der Waals surface area contributed by atoms with Gasteiger partial charge < -0.3 is 69.0 Å². The molecule has 25 heteroatoms. The number of amides is 10. The molecule has 0 saturated carbocycles. The summed E-state index contributed by atoms with van der Waals surface area (Å²) in [5.74, 6) is -5.80. The number of rotatable bonds is 48. The summed E-state index contributed by atoms with van der Waals surface area (Å²) < 4.78 is 0. The van der Waals surface area contributed by atoms with Crippen molar-refractivity contribution in [1.82, 2.24) is 68.2 Å². The van der Waals surface area contributed by atoms with E-state index < -0.39 is 89.4 Å². The molecule has 0 saturated heterocycles. The number of nitrogens with zero attached hydrogens (tertiary/aromatic N) is 2. The molecule has 0 radical (unpaired) electrons. The van der Waals surface area contributed by atoms with E-state index in [-0.39, 0.29) is 51.1 Å². The monoisotopic (exact) mass is 1290 g/mol. The van der Waals surface area contributed by atoms with Crippen molar-refractivity contribution in [3.05, 3.63) is 114 Å². The van der Waals surface area contributed by atoms with Gasteiger partial charge in [0.1, 0.15) is 49.0 Å². The van der Waals surface area contributed by atoms with Crippen molar-refractivity contribution in [1.29, 1.82) is 0 Å². The molecule has 2 aromatic heterocycles. The molecule has 0 spiro atoms. The number of para-hydroxylation sites is 1. The Labute approximate surface area is 546 Å². The lowest BCUT2D eigenvalue weighted by atomic mass is 10.0. The van der Waals surface area contributed by atoms with Crippen LogP contribution in [0.2, 0.25) is 0 Å². The summed E-state index contributed by atoms with van der Waals surface area (Å²) in [6.07, 6.45) is 30.0. The molecule has 6 atom stereocenters. The molecule has 0 aliphatic heterocycles. The molecule has 14 N–H and O–H groups in total. The zero-order chi connectivity index (χ0) is 67.4. The minimum atomic E-state index is -1.35. The zero-order valence-electron chi connectivity index (χ0n) is 54.7. The van der Waals surface area contributed by atoms with Gasteiger partial charge in [0, 0.05) is 81.2 Å². The topological polar surface area (TPSA) is 374 Å². The number of fused-ring (bicyclic) bond motifs is 1. The van der Waals surface area contributed by atoms with Crippen LogP contribution in [0.4, 0.5) is 0 Å². The Balaban J connectivity index is 1.31. The van der Waals surface area contributed by atoms with Crippen LogP contribution in [0.1, 0.15) is 167 Å². The average Bonchev–Trinajstić information content (AvgIpc) is 1.76. The van der Waals surface area contributed by atoms with Crippen LogP contribution < -0.4 is 59.0 Å². The van der Waals surface area contributed by atoms with Gasteiger partial charge in [0.05, 0.1) is 6.33 Å². The predicted molar refractivity (Wildman–Crippen MR) is 359 cm³/mol. The highest BCUT2D eigenvalue weighted by atomic mass is 16.2. The summed E-state index contributed by atoms with van der Waals surface area (Å²) in [5, 5.41) is 29.2. The Morgan fingerprint density at radius 3 is 1.86 bits per heavy atom. The van der Waals surface area contributed by atoms with Crippen molar-refractivity contribution in [3.8, 4) is 0 Å². The quantitative estimate of drug-likeness (QED) is 0.0122. The van der Waals surface area contributed by atoms with Crippen molar-refractivity contribution in [2.75, 3.05) is 26.2 Å². The summed E-state index contributed by atoms with van der Waals surface area (Å²) in [5.41, 5.74) is 11.0. The van der Waals surface area contributed by atoms with E-state index in [4.69, 9.17) is 5.73 Å². The fraction of sp³-hybridized carbons (Fsp3) is 0.529. The molecule has 0 aliphatic rings. The maximum absolute atomic E-state index is 14.7. The third-order valence-corrected chi connectivity index (χ3v) is 15.3. The molecule has 10 amide bonds. The van der Waals surface area contributed by atoms with Gasteiger partial charge in [-0.15, -0.1) is 0 Å². The first-order valence-corrected chi connectivity index (χ1v) is 33.0. The first-order chi connectivity index (χ1) is 45.0. The van der Waals surface area contributed by atoms with Gasteiger partial charge in [-0.2, -0.15) is 5.10 Å². The van der Waals surface area contributed by atoms with Crippen LogP contribution in [0.3, 0.4) is 0 Å². The van der Waals surface area contributed by atoms with Gasteiger partial charge in [0.15, 0.2) is 0 Å². The molecule has 4 aromatic rings. The lowest BCUT2D eigenvalue weighted by Gasteiger charge is -2.27. The van der Waals surface area contributed by atoms with Gasteiger partial charge in [-0.25, -0.2) is 4.98 Å². The van der Waals surface area contributed by atoms with Crippen LogP contribution in [-0.2, 0) is 67.2 Å². The number of hydrogen-bond acceptors (Lipinski definition) is 13. The summed E-state index contributed by atoms with van der Waals surface area (Å²) in [6.45, 7) is 7.50. The Morgan fingerprint density at radius 2 is 1.15 bits per heavy atom. The Bertz CT molecular complexity index is 3020. The SMILES string of the molecule is CCCCC/C=C\C/C=C\CCCCCCCC(=O)NCCCNC(=O)/C=N/NCC(=O)NCCCC[C@H](NC(=O)[C@@H](Cc1ccccc1)NC(=O)[C@H](Cc1cnc[nH]1)NC(=O)[C@H](C)NC(=O)[C@H](CCCC)NC(C)=O)C(=O)N[C@@H](Cc1c[nH]c2ccccc12)C(N)=O. The number of hydrazone groups is 1. The average molecular weight is 1290 g/mol. The minimum absolute atomic E-state index is 0.00215. The van der Waals surface area contributed by atoms with Crippen LogP contribution in [0.15, 0.2) is 103 Å². The second kappa shape index (κ2) is 45.2. The van der Waals surface area contributed by atoms with E-state index in [0.717, 1.165) is 74.9 Å². The van der Waals surface area contributed by atoms with Crippen molar-refractivity contribution in [2.45, 2.75) is 205 Å². The molecule has 0 aliphatic carbocycles. The Morgan fingerprint density at radius 1 is 0.559 bits per heavy atom. The molecule has 508 valence electrons. The lowest BCUT2D eigenvalue weighted by Crippen LogP contribution is -2.60. The third-order valence-electron chi connectivity index (χ3n) is 15.3. The second-order valence-electron chi connectivity index (χ2n) is 23.2. The van der Waals surface area contributed by atoms with Gasteiger partial charge in [0.2, 0.25) is 53.2 Å². The molecule has 2 aromatic carbocycles. The van der Waals surface area contributed by atoms with E-state index in [9.17, 15) is 47.9 Å². The van der Waals surface area contributed by atoms with Crippen LogP contribution in [0, 0.1) is 0 Å². The van der Waals surface area contributed by atoms with Gasteiger partial charge in [-0.05, 0) is 94.7 Å². The number of imidazole rings is 1. The van der Waals surface area contributed by atoms with Crippen LogP contribution in [0.25, 0.3) is 10.9 Å². The largest absolute Gasteiger partial charge is 0.368 e. The standard InChI is InChI=1S/C68H101N15O10/c1-5-7-9-10-11-12-13-14-15-16-17-18-19-20-24-36-60(85)71-38-29-39-73-62(87)46-77-76-45-61(86)72-37-28-27-35-56(66(91)81-57(63(69)88)41-51-43-74-54-34-26-25-32-53(51)54)80-67(92)58(40-50-30-22-21-23-31-50)83-68(93)59(42-52-44-70-47-75-52)82-64(89)48(3)78-65(90)55(33-8-6-2)79-49(4)84/h11-12,14-15,21-23,25-26,30-32,34,43-44,46-48,55-59,74,76H,5-10,13,16-20,24,27-29,33,35-42,45H2,1-4H3,(H2,69,88)(H,70,75)(H,71,85)(H,72,86)(H,73,87)(H,78,90)(H,79,84)(H,80,92)(H,81,91)(H,82,89)(H,83,93)/b12-11-,15-14-,77-46+/t48-,55-,56-,57-,58+,59-/m0/s1. The van der Waals surface area contributed by atoms with Gasteiger partial charge in [-0.1, -0.05) is 132 Å². The van der Waals surface area contributed by atoms with Crippen LogP contribution in [0.5, 0.6) is 0 Å². The first-order valence-electron chi connectivity index (χ1n) is 33.0. The molecule has 0 bridgehead atoms. The van der Waals surface area contributed by atoms with Gasteiger partial charge in [-0.3, -0.25) is 47.9 Å². The molecule has 93 heavy (non-hydrogen) atoms. The third kappa shape index (κ3) is 32.1. The normalized spacial score (nSPS) is 13.3. The summed E-state index contributed by atoms with van der Waals surface area (Å²) in [4.78, 5) is 143. The smallest absolute Gasteiger partial charge is 0.264 e.